The summed E-state index contributed by atoms with van der Waals surface area (Å²) >= 11 is 3.61. The van der Waals surface area contributed by atoms with Gasteiger partial charge in [-0.2, -0.15) is 5.10 Å². The monoisotopic (exact) mass is 335 g/mol. The van der Waals surface area contributed by atoms with Gasteiger partial charge in [0.2, 0.25) is 0 Å². The number of nitrogens with one attached hydrogen (secondary N) is 1. The van der Waals surface area contributed by atoms with E-state index in [0.717, 1.165) is 29.7 Å². The SMILES string of the molecule is CCc1cc(CN[C@@H](C)c2ccccc2Br)n(CC)n1. The van der Waals surface area contributed by atoms with Gasteiger partial charge in [0.25, 0.3) is 0 Å². The molecule has 0 amide bonds. The molecule has 0 spiro atoms. The summed E-state index contributed by atoms with van der Waals surface area (Å²) in [6.45, 7) is 8.22. The first-order chi connectivity index (χ1) is 9.65. The molecular weight excluding hydrogens is 314 g/mol. The maximum Gasteiger partial charge on any atom is 0.0625 e. The van der Waals surface area contributed by atoms with Crippen LogP contribution in [0.3, 0.4) is 0 Å². The predicted octanol–water partition coefficient (Wildman–Crippen LogP) is 4.08. The van der Waals surface area contributed by atoms with Crippen LogP contribution in [0.25, 0.3) is 0 Å². The molecule has 1 aromatic carbocycles. The first-order valence-electron chi connectivity index (χ1n) is 7.19. The largest absolute Gasteiger partial charge is 0.305 e. The fourth-order valence-corrected chi connectivity index (χ4v) is 2.93. The maximum atomic E-state index is 4.58. The van der Waals surface area contributed by atoms with Crippen LogP contribution >= 0.6 is 15.9 Å². The fraction of sp³-hybridized carbons (Fsp3) is 0.438. The zero-order valence-corrected chi connectivity index (χ0v) is 13.9. The number of nitrogens with zero attached hydrogens (tertiary/aromatic N) is 2. The molecule has 2 rings (SSSR count). The molecule has 0 aliphatic heterocycles. The second-order valence-electron chi connectivity index (χ2n) is 4.92. The summed E-state index contributed by atoms with van der Waals surface area (Å²) in [6, 6.07) is 10.8. The average Bonchev–Trinajstić information content (AvgIpc) is 2.87. The van der Waals surface area contributed by atoms with Crippen LogP contribution in [0.4, 0.5) is 0 Å². The average molecular weight is 336 g/mol. The second kappa shape index (κ2) is 7.04. The summed E-state index contributed by atoms with van der Waals surface area (Å²) in [5, 5.41) is 8.16. The minimum Gasteiger partial charge on any atom is -0.305 e. The summed E-state index contributed by atoms with van der Waals surface area (Å²) in [4.78, 5) is 0. The Morgan fingerprint density at radius 1 is 1.30 bits per heavy atom. The molecule has 108 valence electrons. The smallest absolute Gasteiger partial charge is 0.0625 e. The van der Waals surface area contributed by atoms with Crippen molar-refractivity contribution in [3.8, 4) is 0 Å². The summed E-state index contributed by atoms with van der Waals surface area (Å²) in [6.07, 6.45) is 0.986. The molecule has 0 aliphatic carbocycles. The highest BCUT2D eigenvalue weighted by Gasteiger charge is 2.10. The second-order valence-corrected chi connectivity index (χ2v) is 5.77. The molecule has 0 aliphatic rings. The molecule has 0 saturated heterocycles. The van der Waals surface area contributed by atoms with Crippen LogP contribution in [0.2, 0.25) is 0 Å². The summed E-state index contributed by atoms with van der Waals surface area (Å²) in [5.74, 6) is 0. The Labute approximate surface area is 129 Å². The van der Waals surface area contributed by atoms with E-state index in [-0.39, 0.29) is 0 Å². The van der Waals surface area contributed by atoms with Crippen LogP contribution in [0.1, 0.15) is 43.8 Å². The van der Waals surface area contributed by atoms with Crippen molar-refractivity contribution in [2.24, 2.45) is 0 Å². The number of benzene rings is 1. The number of aromatic nitrogens is 2. The first kappa shape index (κ1) is 15.3. The van der Waals surface area contributed by atoms with Crippen molar-refractivity contribution in [2.45, 2.75) is 46.3 Å². The Kier molecular flexibility index (Phi) is 5.38. The third-order valence-corrected chi connectivity index (χ3v) is 4.26. The molecule has 2 aromatic rings. The molecule has 1 atom stereocenters. The van der Waals surface area contributed by atoms with Gasteiger partial charge in [-0.3, -0.25) is 4.68 Å². The summed E-state index contributed by atoms with van der Waals surface area (Å²) in [5.41, 5.74) is 3.70. The zero-order valence-electron chi connectivity index (χ0n) is 12.4. The van der Waals surface area contributed by atoms with Crippen LogP contribution in [-0.4, -0.2) is 9.78 Å². The molecule has 0 fully saturated rings. The quantitative estimate of drug-likeness (QED) is 0.861. The zero-order chi connectivity index (χ0) is 14.5. The highest BCUT2D eigenvalue weighted by Crippen LogP contribution is 2.23. The van der Waals surface area contributed by atoms with Crippen LogP contribution in [0.5, 0.6) is 0 Å². The molecule has 0 unspecified atom stereocenters. The van der Waals surface area contributed by atoms with Crippen molar-refractivity contribution in [3.63, 3.8) is 0 Å². The van der Waals surface area contributed by atoms with Crippen LogP contribution in [-0.2, 0) is 19.5 Å². The van der Waals surface area contributed by atoms with E-state index < -0.39 is 0 Å². The summed E-state index contributed by atoms with van der Waals surface area (Å²) in [7, 11) is 0. The minimum absolute atomic E-state index is 0.302. The Hall–Kier alpha value is -1.13. The van der Waals surface area contributed by atoms with Crippen LogP contribution in [0.15, 0.2) is 34.8 Å². The molecule has 0 saturated carbocycles. The van der Waals surface area contributed by atoms with Gasteiger partial charge in [-0.05, 0) is 38.0 Å². The van der Waals surface area contributed by atoms with Crippen molar-refractivity contribution in [1.29, 1.82) is 0 Å². The summed E-state index contributed by atoms with van der Waals surface area (Å²) < 4.78 is 3.23. The van der Waals surface area contributed by atoms with E-state index in [1.165, 1.54) is 11.3 Å². The van der Waals surface area contributed by atoms with Gasteiger partial charge in [0.1, 0.15) is 0 Å². The third kappa shape index (κ3) is 3.49. The fourth-order valence-electron chi connectivity index (χ4n) is 2.30. The van der Waals surface area contributed by atoms with E-state index in [1.54, 1.807) is 0 Å². The van der Waals surface area contributed by atoms with Crippen LogP contribution < -0.4 is 5.32 Å². The van der Waals surface area contributed by atoms with Gasteiger partial charge in [0.05, 0.1) is 11.4 Å². The van der Waals surface area contributed by atoms with Gasteiger partial charge >= 0.3 is 0 Å². The van der Waals surface area contributed by atoms with E-state index in [1.807, 2.05) is 6.07 Å². The number of rotatable bonds is 6. The van der Waals surface area contributed by atoms with E-state index in [0.29, 0.717) is 6.04 Å². The van der Waals surface area contributed by atoms with Crippen molar-refractivity contribution in [3.05, 3.63) is 51.8 Å². The number of hydrogen-bond acceptors (Lipinski definition) is 2. The Bertz CT molecular complexity index is 563. The highest BCUT2D eigenvalue weighted by molar-refractivity contribution is 9.10. The normalized spacial score (nSPS) is 12.6. The Morgan fingerprint density at radius 3 is 2.70 bits per heavy atom. The van der Waals surface area contributed by atoms with Gasteiger partial charge in [-0.25, -0.2) is 0 Å². The molecule has 4 heteroatoms. The van der Waals surface area contributed by atoms with Crippen molar-refractivity contribution >= 4 is 15.9 Å². The molecule has 0 radical (unpaired) electrons. The Morgan fingerprint density at radius 2 is 2.05 bits per heavy atom. The molecule has 3 nitrogen and oxygen atoms in total. The van der Waals surface area contributed by atoms with E-state index in [2.05, 4.69) is 76.1 Å². The number of aryl methyl sites for hydroxylation is 2. The molecule has 1 aromatic heterocycles. The van der Waals surface area contributed by atoms with Crippen molar-refractivity contribution in [2.75, 3.05) is 0 Å². The molecule has 20 heavy (non-hydrogen) atoms. The topological polar surface area (TPSA) is 29.9 Å². The van der Waals surface area contributed by atoms with E-state index >= 15 is 0 Å². The molecule has 0 bridgehead atoms. The van der Waals surface area contributed by atoms with Gasteiger partial charge in [-0.1, -0.05) is 41.1 Å². The van der Waals surface area contributed by atoms with Gasteiger partial charge in [0, 0.05) is 23.6 Å². The third-order valence-electron chi connectivity index (χ3n) is 3.54. The molecule has 1 heterocycles. The van der Waals surface area contributed by atoms with Crippen molar-refractivity contribution < 1.29 is 0 Å². The van der Waals surface area contributed by atoms with Crippen molar-refractivity contribution in [1.82, 2.24) is 15.1 Å². The Balaban J connectivity index is 2.05. The van der Waals surface area contributed by atoms with Gasteiger partial charge in [0.15, 0.2) is 0 Å². The number of hydrogen-bond donors (Lipinski definition) is 1. The van der Waals surface area contributed by atoms with Gasteiger partial charge in [-0.15, -0.1) is 0 Å². The minimum atomic E-state index is 0.302. The lowest BCUT2D eigenvalue weighted by atomic mass is 10.1. The molecular formula is C16H22BrN3. The highest BCUT2D eigenvalue weighted by atomic mass is 79.9. The lowest BCUT2D eigenvalue weighted by Crippen LogP contribution is -2.20. The first-order valence-corrected chi connectivity index (χ1v) is 7.98. The maximum absolute atomic E-state index is 4.58. The lowest BCUT2D eigenvalue weighted by molar-refractivity contribution is 0.529. The van der Waals surface area contributed by atoms with E-state index in [4.69, 9.17) is 0 Å². The standard InChI is InChI=1S/C16H22BrN3/c1-4-13-10-14(20(5-2)19-13)11-18-12(3)15-8-6-7-9-16(15)17/h6-10,12,18H,4-5,11H2,1-3H3/t12-/m0/s1. The van der Waals surface area contributed by atoms with E-state index in [9.17, 15) is 0 Å². The van der Waals surface area contributed by atoms with Gasteiger partial charge < -0.3 is 5.32 Å². The predicted molar refractivity (Wildman–Crippen MR) is 86.7 cm³/mol. The molecule has 1 N–H and O–H groups in total. The lowest BCUT2D eigenvalue weighted by Gasteiger charge is -2.16. The van der Waals surface area contributed by atoms with Crippen LogP contribution in [0, 0.1) is 0 Å². The number of halogens is 1.